The number of nitrogens with zero attached hydrogens (tertiary/aromatic N) is 3. The number of phenolic OH excluding ortho intramolecular Hbond substituents is 1. The summed E-state index contributed by atoms with van der Waals surface area (Å²) in [4.78, 5) is 19.2. The summed E-state index contributed by atoms with van der Waals surface area (Å²) in [6.45, 7) is 15.8. The van der Waals surface area contributed by atoms with Crippen molar-refractivity contribution in [3.05, 3.63) is 77.6 Å². The first kappa shape index (κ1) is 24.9. The van der Waals surface area contributed by atoms with Gasteiger partial charge in [-0.25, -0.2) is 4.39 Å². The van der Waals surface area contributed by atoms with Gasteiger partial charge in [0.25, 0.3) is 5.91 Å². The zero-order chi connectivity index (χ0) is 24.1. The molecule has 1 heterocycles. The number of aromatic hydroxyl groups is 1. The van der Waals surface area contributed by atoms with Gasteiger partial charge in [0.2, 0.25) is 0 Å². The number of amides is 1. The SMILES string of the molecule is C=CCN1CC(C)N(C(c2ccc(C(=O)N(CC)CC)cc2)c2cc(O)ccc2F)CC1C. The van der Waals surface area contributed by atoms with E-state index in [1.807, 2.05) is 44.2 Å². The predicted octanol–water partition coefficient (Wildman–Crippen LogP) is 4.68. The van der Waals surface area contributed by atoms with Crippen molar-refractivity contribution in [3.8, 4) is 5.75 Å². The van der Waals surface area contributed by atoms with Crippen molar-refractivity contribution in [2.24, 2.45) is 0 Å². The normalized spacial score (nSPS) is 20.4. The van der Waals surface area contributed by atoms with Gasteiger partial charge in [-0.2, -0.15) is 0 Å². The van der Waals surface area contributed by atoms with Crippen LogP contribution in [0.5, 0.6) is 5.75 Å². The van der Waals surface area contributed by atoms with Crippen LogP contribution >= 0.6 is 0 Å². The van der Waals surface area contributed by atoms with E-state index >= 15 is 4.39 Å². The molecule has 0 radical (unpaired) electrons. The molecule has 2 aromatic rings. The van der Waals surface area contributed by atoms with Crippen molar-refractivity contribution < 1.29 is 14.3 Å². The van der Waals surface area contributed by atoms with Crippen LogP contribution in [0.3, 0.4) is 0 Å². The molecular weight excluding hydrogens is 417 g/mol. The molecule has 3 unspecified atom stereocenters. The minimum absolute atomic E-state index is 0.00772. The molecular formula is C27H36FN3O2. The van der Waals surface area contributed by atoms with Gasteiger partial charge >= 0.3 is 0 Å². The smallest absolute Gasteiger partial charge is 0.253 e. The molecule has 1 aliphatic rings. The minimum Gasteiger partial charge on any atom is -0.508 e. The lowest BCUT2D eigenvalue weighted by Gasteiger charge is -2.47. The second kappa shape index (κ2) is 10.9. The van der Waals surface area contributed by atoms with Gasteiger partial charge in [0.05, 0.1) is 6.04 Å². The fourth-order valence-corrected chi connectivity index (χ4v) is 4.80. The summed E-state index contributed by atoms with van der Waals surface area (Å²) in [6, 6.07) is 11.7. The monoisotopic (exact) mass is 453 g/mol. The van der Waals surface area contributed by atoms with Crippen LogP contribution in [0, 0.1) is 5.82 Å². The van der Waals surface area contributed by atoms with E-state index in [4.69, 9.17) is 0 Å². The van der Waals surface area contributed by atoms with E-state index in [2.05, 4.69) is 30.2 Å². The zero-order valence-electron chi connectivity index (χ0n) is 20.2. The highest BCUT2D eigenvalue weighted by atomic mass is 19.1. The number of hydrogen-bond acceptors (Lipinski definition) is 4. The van der Waals surface area contributed by atoms with Gasteiger partial charge in [-0.1, -0.05) is 18.2 Å². The third kappa shape index (κ3) is 5.45. The van der Waals surface area contributed by atoms with Crippen LogP contribution < -0.4 is 0 Å². The summed E-state index contributed by atoms with van der Waals surface area (Å²) < 4.78 is 15.1. The molecule has 178 valence electrons. The summed E-state index contributed by atoms with van der Waals surface area (Å²) >= 11 is 0. The lowest BCUT2D eigenvalue weighted by Crippen LogP contribution is -2.57. The van der Waals surface area contributed by atoms with Gasteiger partial charge in [0.1, 0.15) is 11.6 Å². The van der Waals surface area contributed by atoms with Crippen molar-refractivity contribution in [2.45, 2.75) is 45.8 Å². The number of carbonyl (C=O) groups is 1. The zero-order valence-corrected chi connectivity index (χ0v) is 20.2. The fourth-order valence-electron chi connectivity index (χ4n) is 4.80. The van der Waals surface area contributed by atoms with E-state index in [0.29, 0.717) is 24.2 Å². The number of carbonyl (C=O) groups excluding carboxylic acids is 1. The Morgan fingerprint density at radius 1 is 1.15 bits per heavy atom. The first-order valence-corrected chi connectivity index (χ1v) is 11.8. The molecule has 0 aliphatic carbocycles. The van der Waals surface area contributed by atoms with Crippen LogP contribution in [-0.4, -0.2) is 70.5 Å². The number of rotatable bonds is 8. The van der Waals surface area contributed by atoms with E-state index in [-0.39, 0.29) is 35.6 Å². The van der Waals surface area contributed by atoms with Crippen molar-refractivity contribution in [1.29, 1.82) is 0 Å². The van der Waals surface area contributed by atoms with Gasteiger partial charge in [-0.3, -0.25) is 14.6 Å². The van der Waals surface area contributed by atoms with Gasteiger partial charge in [-0.05, 0) is 63.6 Å². The van der Waals surface area contributed by atoms with Crippen LogP contribution in [0.25, 0.3) is 0 Å². The molecule has 1 aliphatic heterocycles. The number of phenols is 1. The molecule has 33 heavy (non-hydrogen) atoms. The molecule has 1 N–H and O–H groups in total. The standard InChI is InChI=1S/C27H36FN3O2/c1-6-15-30-17-20(5)31(18-19(30)4)26(24-16-23(32)13-14-25(24)28)21-9-11-22(12-10-21)27(33)29(7-2)8-3/h6,9-14,16,19-20,26,32H,1,7-8,15,17-18H2,2-5H3. The first-order chi connectivity index (χ1) is 15.8. The molecule has 2 aromatic carbocycles. The molecule has 5 nitrogen and oxygen atoms in total. The molecule has 3 atom stereocenters. The Balaban J connectivity index is 2.01. The molecule has 1 amide bonds. The Morgan fingerprint density at radius 3 is 2.42 bits per heavy atom. The quantitative estimate of drug-likeness (QED) is 0.590. The highest BCUT2D eigenvalue weighted by molar-refractivity contribution is 5.94. The highest BCUT2D eigenvalue weighted by Crippen LogP contribution is 2.36. The maximum absolute atomic E-state index is 15.1. The number of halogens is 1. The summed E-state index contributed by atoms with van der Waals surface area (Å²) in [7, 11) is 0. The largest absolute Gasteiger partial charge is 0.508 e. The highest BCUT2D eigenvalue weighted by Gasteiger charge is 2.35. The van der Waals surface area contributed by atoms with E-state index in [0.717, 1.165) is 25.2 Å². The maximum Gasteiger partial charge on any atom is 0.253 e. The summed E-state index contributed by atoms with van der Waals surface area (Å²) in [5.74, 6) is -0.322. The first-order valence-electron chi connectivity index (χ1n) is 11.8. The molecule has 0 aromatic heterocycles. The third-order valence-electron chi connectivity index (χ3n) is 6.66. The minimum atomic E-state index is -0.377. The van der Waals surface area contributed by atoms with Crippen LogP contribution in [0.15, 0.2) is 55.1 Å². The topological polar surface area (TPSA) is 47.0 Å². The predicted molar refractivity (Wildman–Crippen MR) is 131 cm³/mol. The van der Waals surface area contributed by atoms with E-state index < -0.39 is 0 Å². The molecule has 0 bridgehead atoms. The van der Waals surface area contributed by atoms with E-state index in [9.17, 15) is 9.90 Å². The summed E-state index contributed by atoms with van der Waals surface area (Å²) in [6.07, 6.45) is 1.91. The van der Waals surface area contributed by atoms with Gasteiger partial charge in [-0.15, -0.1) is 6.58 Å². The molecule has 3 rings (SSSR count). The number of piperazine rings is 1. The maximum atomic E-state index is 15.1. The van der Waals surface area contributed by atoms with Crippen molar-refractivity contribution in [3.63, 3.8) is 0 Å². The Bertz CT molecular complexity index is 958. The van der Waals surface area contributed by atoms with Gasteiger partial charge < -0.3 is 10.0 Å². The molecule has 1 saturated heterocycles. The van der Waals surface area contributed by atoms with Crippen LogP contribution in [-0.2, 0) is 0 Å². The summed E-state index contributed by atoms with van der Waals surface area (Å²) in [5.41, 5.74) is 1.95. The third-order valence-corrected chi connectivity index (χ3v) is 6.66. The molecule has 6 heteroatoms. The van der Waals surface area contributed by atoms with Crippen molar-refractivity contribution >= 4 is 5.91 Å². The van der Waals surface area contributed by atoms with Crippen LogP contribution in [0.4, 0.5) is 4.39 Å². The van der Waals surface area contributed by atoms with Crippen LogP contribution in [0.2, 0.25) is 0 Å². The van der Waals surface area contributed by atoms with Crippen LogP contribution in [0.1, 0.15) is 55.2 Å². The van der Waals surface area contributed by atoms with E-state index in [1.54, 1.807) is 4.90 Å². The lowest BCUT2D eigenvalue weighted by molar-refractivity contribution is 0.0298. The van der Waals surface area contributed by atoms with Gasteiger partial charge in [0, 0.05) is 55.9 Å². The van der Waals surface area contributed by atoms with E-state index in [1.165, 1.54) is 18.2 Å². The second-order valence-corrected chi connectivity index (χ2v) is 8.85. The Labute approximate surface area is 197 Å². The molecule has 1 fully saturated rings. The van der Waals surface area contributed by atoms with Crippen molar-refractivity contribution in [2.75, 3.05) is 32.7 Å². The fraction of sp³-hybridized carbons (Fsp3) is 0.444. The van der Waals surface area contributed by atoms with Crippen molar-refractivity contribution in [1.82, 2.24) is 14.7 Å². The average molecular weight is 454 g/mol. The van der Waals surface area contributed by atoms with Gasteiger partial charge in [0.15, 0.2) is 0 Å². The second-order valence-electron chi connectivity index (χ2n) is 8.85. The Morgan fingerprint density at radius 2 is 1.82 bits per heavy atom. The number of benzene rings is 2. The Hall–Kier alpha value is -2.70. The molecule has 0 spiro atoms. The molecule has 0 saturated carbocycles. The average Bonchev–Trinajstić information content (AvgIpc) is 2.80. The lowest BCUT2D eigenvalue weighted by atomic mass is 9.92. The Kier molecular flexibility index (Phi) is 8.27. The number of hydrogen-bond donors (Lipinski definition) is 1. The summed E-state index contributed by atoms with van der Waals surface area (Å²) in [5, 5.41) is 10.1.